The van der Waals surface area contributed by atoms with E-state index in [1.54, 1.807) is 13.0 Å². The zero-order valence-corrected chi connectivity index (χ0v) is 12.4. The highest BCUT2D eigenvalue weighted by Crippen LogP contribution is 2.25. The van der Waals surface area contributed by atoms with Gasteiger partial charge in [0, 0.05) is 24.7 Å². The minimum Gasteiger partial charge on any atom is -0.469 e. The summed E-state index contributed by atoms with van der Waals surface area (Å²) in [5.74, 6) is -0.266. The van der Waals surface area contributed by atoms with Crippen molar-refractivity contribution in [2.75, 3.05) is 20.2 Å². The first-order valence-corrected chi connectivity index (χ1v) is 7.06. The molecular formula is C15H20N2O4. The number of nitro groups is 1. The van der Waals surface area contributed by atoms with Crippen molar-refractivity contribution in [1.29, 1.82) is 0 Å². The minimum absolute atomic E-state index is 0.0947. The second kappa shape index (κ2) is 6.67. The Bertz CT molecular complexity index is 544. The summed E-state index contributed by atoms with van der Waals surface area (Å²) in [5.41, 5.74) is 1.78. The van der Waals surface area contributed by atoms with Crippen molar-refractivity contribution >= 4 is 11.7 Å². The summed E-state index contributed by atoms with van der Waals surface area (Å²) in [6.07, 6.45) is 1.78. The van der Waals surface area contributed by atoms with E-state index in [4.69, 9.17) is 4.74 Å². The number of carbonyl (C=O) groups excluding carboxylic acids is 1. The number of esters is 1. The highest BCUT2D eigenvalue weighted by Gasteiger charge is 2.27. The molecule has 1 aromatic carbocycles. The molecule has 0 saturated carbocycles. The standard InChI is InChI=1S/C15H20N2O4/c1-11-12(5-3-7-14(11)17(19)20)9-16-8-4-6-13(10-16)15(18)21-2/h3,5,7,13H,4,6,8-10H2,1-2H3/t13-/m0/s1. The highest BCUT2D eigenvalue weighted by atomic mass is 16.6. The molecule has 0 amide bonds. The molecule has 0 N–H and O–H groups in total. The molecule has 21 heavy (non-hydrogen) atoms. The number of carbonyl (C=O) groups is 1. The molecule has 6 nitrogen and oxygen atoms in total. The molecule has 0 radical (unpaired) electrons. The topological polar surface area (TPSA) is 72.7 Å². The van der Waals surface area contributed by atoms with Gasteiger partial charge < -0.3 is 4.74 Å². The summed E-state index contributed by atoms with van der Waals surface area (Å²) in [5, 5.41) is 11.0. The van der Waals surface area contributed by atoms with Crippen molar-refractivity contribution < 1.29 is 14.5 Å². The molecule has 0 unspecified atom stereocenters. The summed E-state index contributed by atoms with van der Waals surface area (Å²) in [4.78, 5) is 24.4. The van der Waals surface area contributed by atoms with Gasteiger partial charge in [-0.15, -0.1) is 0 Å². The number of nitro benzene ring substituents is 1. The number of likely N-dealkylation sites (tertiary alicyclic amines) is 1. The Hall–Kier alpha value is -1.95. The highest BCUT2D eigenvalue weighted by molar-refractivity contribution is 5.72. The van der Waals surface area contributed by atoms with Crippen molar-refractivity contribution in [3.63, 3.8) is 0 Å². The van der Waals surface area contributed by atoms with Gasteiger partial charge in [0.1, 0.15) is 0 Å². The molecule has 114 valence electrons. The van der Waals surface area contributed by atoms with E-state index in [1.165, 1.54) is 13.2 Å². The van der Waals surface area contributed by atoms with E-state index >= 15 is 0 Å². The third-order valence-electron chi connectivity index (χ3n) is 4.05. The fraction of sp³-hybridized carbons (Fsp3) is 0.533. The van der Waals surface area contributed by atoms with Gasteiger partial charge in [0.15, 0.2) is 0 Å². The SMILES string of the molecule is COC(=O)[C@H]1CCCN(Cc2cccc([N+](=O)[O-])c2C)C1. The van der Waals surface area contributed by atoms with Crippen LogP contribution in [0.2, 0.25) is 0 Å². The third kappa shape index (κ3) is 3.58. The van der Waals surface area contributed by atoms with Crippen molar-refractivity contribution in [2.24, 2.45) is 5.92 Å². The number of nitrogens with zero attached hydrogens (tertiary/aromatic N) is 2. The van der Waals surface area contributed by atoms with Crippen LogP contribution >= 0.6 is 0 Å². The van der Waals surface area contributed by atoms with Crippen LogP contribution in [0.25, 0.3) is 0 Å². The maximum atomic E-state index is 11.6. The molecule has 1 fully saturated rings. The van der Waals surface area contributed by atoms with Crippen molar-refractivity contribution in [3.8, 4) is 0 Å². The molecule has 1 aliphatic heterocycles. The van der Waals surface area contributed by atoms with Gasteiger partial charge in [-0.05, 0) is 31.9 Å². The molecule has 1 heterocycles. The van der Waals surface area contributed by atoms with Gasteiger partial charge in [-0.25, -0.2) is 0 Å². The molecular weight excluding hydrogens is 272 g/mol. The molecule has 0 aliphatic carbocycles. The van der Waals surface area contributed by atoms with Gasteiger partial charge >= 0.3 is 5.97 Å². The predicted octanol–water partition coefficient (Wildman–Crippen LogP) is 2.29. The smallest absolute Gasteiger partial charge is 0.309 e. The number of ether oxygens (including phenoxy) is 1. The van der Waals surface area contributed by atoms with Crippen LogP contribution in [0, 0.1) is 23.0 Å². The Labute approximate surface area is 123 Å². The predicted molar refractivity (Wildman–Crippen MR) is 77.9 cm³/mol. The molecule has 0 aromatic heterocycles. The first-order chi connectivity index (χ1) is 10.0. The van der Waals surface area contributed by atoms with Gasteiger partial charge in [0.2, 0.25) is 0 Å². The first-order valence-electron chi connectivity index (χ1n) is 7.06. The van der Waals surface area contributed by atoms with Gasteiger partial charge in [-0.1, -0.05) is 12.1 Å². The summed E-state index contributed by atoms with van der Waals surface area (Å²) in [7, 11) is 1.41. The number of rotatable bonds is 4. The lowest BCUT2D eigenvalue weighted by Gasteiger charge is -2.31. The number of hydrogen-bond acceptors (Lipinski definition) is 5. The lowest BCUT2D eigenvalue weighted by atomic mass is 9.97. The zero-order valence-electron chi connectivity index (χ0n) is 12.4. The molecule has 6 heteroatoms. The molecule has 1 saturated heterocycles. The largest absolute Gasteiger partial charge is 0.469 e. The number of piperidine rings is 1. The van der Waals surface area contributed by atoms with Crippen molar-refractivity contribution in [2.45, 2.75) is 26.3 Å². The van der Waals surface area contributed by atoms with Gasteiger partial charge in [-0.2, -0.15) is 0 Å². The fourth-order valence-electron chi connectivity index (χ4n) is 2.84. The van der Waals surface area contributed by atoms with E-state index in [9.17, 15) is 14.9 Å². The van der Waals surface area contributed by atoms with Crippen molar-refractivity contribution in [3.05, 3.63) is 39.4 Å². The van der Waals surface area contributed by atoms with Crippen molar-refractivity contribution in [1.82, 2.24) is 4.90 Å². The Morgan fingerprint density at radius 2 is 2.29 bits per heavy atom. The molecule has 0 bridgehead atoms. The summed E-state index contributed by atoms with van der Waals surface area (Å²) in [6.45, 7) is 3.95. The molecule has 0 spiro atoms. The van der Waals surface area contributed by atoms with Crippen LogP contribution < -0.4 is 0 Å². The summed E-state index contributed by atoms with van der Waals surface area (Å²) >= 11 is 0. The zero-order chi connectivity index (χ0) is 15.4. The van der Waals surface area contributed by atoms with Crippen LogP contribution in [0.15, 0.2) is 18.2 Å². The second-order valence-corrected chi connectivity index (χ2v) is 5.42. The number of benzene rings is 1. The minimum atomic E-state index is -0.355. The average molecular weight is 292 g/mol. The first kappa shape index (κ1) is 15.4. The van der Waals surface area contributed by atoms with E-state index < -0.39 is 0 Å². The second-order valence-electron chi connectivity index (χ2n) is 5.42. The van der Waals surface area contributed by atoms with Crippen LogP contribution in [0.5, 0.6) is 0 Å². The van der Waals surface area contributed by atoms with Crippen LogP contribution in [-0.2, 0) is 16.1 Å². The Balaban J connectivity index is 2.09. The fourth-order valence-corrected chi connectivity index (χ4v) is 2.84. The molecule has 1 aliphatic rings. The monoisotopic (exact) mass is 292 g/mol. The number of hydrogen-bond donors (Lipinski definition) is 0. The quantitative estimate of drug-likeness (QED) is 0.483. The van der Waals surface area contributed by atoms with Crippen LogP contribution in [0.3, 0.4) is 0 Å². The van der Waals surface area contributed by atoms with Gasteiger partial charge in [0.05, 0.1) is 18.0 Å². The van der Waals surface area contributed by atoms with E-state index in [-0.39, 0.29) is 22.5 Å². The molecule has 1 atom stereocenters. The third-order valence-corrected chi connectivity index (χ3v) is 4.05. The maximum absolute atomic E-state index is 11.6. The summed E-state index contributed by atoms with van der Waals surface area (Å²) < 4.78 is 4.81. The van der Waals surface area contributed by atoms with E-state index in [1.807, 2.05) is 6.07 Å². The van der Waals surface area contributed by atoms with Gasteiger partial charge in [-0.3, -0.25) is 19.8 Å². The van der Waals surface area contributed by atoms with Crippen LogP contribution in [-0.4, -0.2) is 36.0 Å². The Kier molecular flexibility index (Phi) is 4.90. The average Bonchev–Trinajstić information content (AvgIpc) is 2.48. The maximum Gasteiger partial charge on any atom is 0.309 e. The normalized spacial score (nSPS) is 19.2. The lowest BCUT2D eigenvalue weighted by molar-refractivity contribution is -0.385. The lowest BCUT2D eigenvalue weighted by Crippen LogP contribution is -2.38. The van der Waals surface area contributed by atoms with Crippen LogP contribution in [0.4, 0.5) is 5.69 Å². The molecule has 1 aromatic rings. The number of methoxy groups -OCH3 is 1. The summed E-state index contributed by atoms with van der Waals surface area (Å²) in [6, 6.07) is 5.14. The van der Waals surface area contributed by atoms with E-state index in [2.05, 4.69) is 4.90 Å². The van der Waals surface area contributed by atoms with Gasteiger partial charge in [0.25, 0.3) is 5.69 Å². The molecule has 2 rings (SSSR count). The van der Waals surface area contributed by atoms with E-state index in [0.717, 1.165) is 24.9 Å². The Morgan fingerprint density at radius 3 is 2.95 bits per heavy atom. The van der Waals surface area contributed by atoms with E-state index in [0.29, 0.717) is 18.7 Å². The van der Waals surface area contributed by atoms with Crippen LogP contribution in [0.1, 0.15) is 24.0 Å². The Morgan fingerprint density at radius 1 is 1.52 bits per heavy atom.